The third-order valence-corrected chi connectivity index (χ3v) is 5.37. The predicted octanol–water partition coefficient (Wildman–Crippen LogP) is 2.85. The van der Waals surface area contributed by atoms with Crippen LogP contribution in [0.15, 0.2) is 24.3 Å². The number of nitrogens with one attached hydrogen (secondary N) is 1. The second-order valence-corrected chi connectivity index (χ2v) is 6.77. The van der Waals surface area contributed by atoms with Gasteiger partial charge >= 0.3 is 0 Å². The maximum absolute atomic E-state index is 3.67. The second-order valence-electron chi connectivity index (χ2n) is 5.36. The van der Waals surface area contributed by atoms with E-state index in [4.69, 9.17) is 0 Å². The molecule has 2 aliphatic heterocycles. The van der Waals surface area contributed by atoms with Gasteiger partial charge in [-0.1, -0.05) is 25.1 Å². The Bertz CT molecular complexity index is 382. The molecule has 2 atom stereocenters. The molecule has 0 bridgehead atoms. The van der Waals surface area contributed by atoms with E-state index in [2.05, 4.69) is 53.2 Å². The summed E-state index contributed by atoms with van der Waals surface area (Å²) in [5.74, 6) is 1.30. The number of anilines is 1. The Hall–Kier alpha value is -0.670. The zero-order chi connectivity index (χ0) is 12.4. The molecular weight excluding hydrogens is 240 g/mol. The largest absolute Gasteiger partial charge is 0.380 e. The van der Waals surface area contributed by atoms with E-state index >= 15 is 0 Å². The summed E-state index contributed by atoms with van der Waals surface area (Å²) < 4.78 is 0. The van der Waals surface area contributed by atoms with Crippen molar-refractivity contribution in [2.24, 2.45) is 0 Å². The molecule has 1 N–H and O–H groups in total. The molecular formula is C15H22N2S. The maximum Gasteiger partial charge on any atom is 0.0429 e. The van der Waals surface area contributed by atoms with Gasteiger partial charge in [0.2, 0.25) is 0 Å². The van der Waals surface area contributed by atoms with Crippen LogP contribution in [0.4, 0.5) is 5.69 Å². The first-order valence-electron chi connectivity index (χ1n) is 7.03. The molecule has 0 saturated carbocycles. The van der Waals surface area contributed by atoms with Crippen molar-refractivity contribution in [3.8, 4) is 0 Å². The lowest BCUT2D eigenvalue weighted by atomic mass is 10.1. The monoisotopic (exact) mass is 262 g/mol. The van der Waals surface area contributed by atoms with Crippen LogP contribution in [0.1, 0.15) is 18.9 Å². The molecule has 2 nitrogen and oxygen atoms in total. The molecule has 3 heteroatoms. The highest BCUT2D eigenvalue weighted by atomic mass is 32.2. The van der Waals surface area contributed by atoms with Crippen molar-refractivity contribution in [2.75, 3.05) is 30.7 Å². The number of thioether (sulfide) groups is 1. The summed E-state index contributed by atoms with van der Waals surface area (Å²) in [6.07, 6.45) is 2.50. The Morgan fingerprint density at radius 3 is 3.11 bits per heavy atom. The van der Waals surface area contributed by atoms with E-state index in [0.29, 0.717) is 6.04 Å². The molecule has 2 heterocycles. The maximum atomic E-state index is 3.67. The minimum atomic E-state index is 0.614. The summed E-state index contributed by atoms with van der Waals surface area (Å²) in [5.41, 5.74) is 2.84. The smallest absolute Gasteiger partial charge is 0.0429 e. The molecule has 0 spiro atoms. The predicted molar refractivity (Wildman–Crippen MR) is 80.5 cm³/mol. The number of nitrogens with zero attached hydrogens (tertiary/aromatic N) is 1. The van der Waals surface area contributed by atoms with Crippen LogP contribution < -0.4 is 5.32 Å². The van der Waals surface area contributed by atoms with E-state index in [9.17, 15) is 0 Å². The Labute approximate surface area is 114 Å². The topological polar surface area (TPSA) is 15.3 Å². The molecule has 1 aromatic rings. The van der Waals surface area contributed by atoms with Crippen molar-refractivity contribution in [1.29, 1.82) is 0 Å². The zero-order valence-electron chi connectivity index (χ0n) is 11.1. The van der Waals surface area contributed by atoms with Crippen molar-refractivity contribution in [1.82, 2.24) is 4.90 Å². The summed E-state index contributed by atoms with van der Waals surface area (Å²) in [4.78, 5) is 2.65. The molecule has 1 aromatic carbocycles. The van der Waals surface area contributed by atoms with Crippen LogP contribution in [-0.2, 0) is 6.42 Å². The van der Waals surface area contributed by atoms with Gasteiger partial charge in [0, 0.05) is 42.4 Å². The third kappa shape index (κ3) is 2.67. The van der Waals surface area contributed by atoms with Gasteiger partial charge in [-0.05, 0) is 24.5 Å². The van der Waals surface area contributed by atoms with Crippen molar-refractivity contribution in [3.05, 3.63) is 29.8 Å². The first-order chi connectivity index (χ1) is 8.85. The molecule has 2 aliphatic rings. The van der Waals surface area contributed by atoms with Crippen LogP contribution >= 0.6 is 11.8 Å². The Morgan fingerprint density at radius 1 is 1.39 bits per heavy atom. The first kappa shape index (κ1) is 12.4. The van der Waals surface area contributed by atoms with Crippen LogP contribution in [0.3, 0.4) is 0 Å². The second kappa shape index (κ2) is 5.54. The lowest BCUT2D eigenvalue weighted by Gasteiger charge is -2.33. The summed E-state index contributed by atoms with van der Waals surface area (Å²) in [7, 11) is 0. The van der Waals surface area contributed by atoms with E-state index in [1.165, 1.54) is 49.5 Å². The molecule has 0 aliphatic carbocycles. The molecule has 0 amide bonds. The van der Waals surface area contributed by atoms with Gasteiger partial charge in [0.1, 0.15) is 0 Å². The standard InChI is InChI=1S/C15H22N2S/c1-2-14-11-17(7-8-18-14)10-13-9-12-5-3-4-6-15(12)16-13/h3-6,13-14,16H,2,7-11H2,1H3. The highest BCUT2D eigenvalue weighted by Gasteiger charge is 2.25. The highest BCUT2D eigenvalue weighted by molar-refractivity contribution is 8.00. The average Bonchev–Trinajstić information content (AvgIpc) is 2.81. The third-order valence-electron chi connectivity index (χ3n) is 4.00. The number of benzene rings is 1. The van der Waals surface area contributed by atoms with Gasteiger partial charge in [-0.25, -0.2) is 0 Å². The molecule has 98 valence electrons. The Morgan fingerprint density at radius 2 is 2.28 bits per heavy atom. The van der Waals surface area contributed by atoms with Crippen molar-refractivity contribution in [2.45, 2.75) is 31.1 Å². The van der Waals surface area contributed by atoms with Crippen molar-refractivity contribution in [3.63, 3.8) is 0 Å². The van der Waals surface area contributed by atoms with E-state index in [0.717, 1.165) is 5.25 Å². The first-order valence-corrected chi connectivity index (χ1v) is 8.08. The van der Waals surface area contributed by atoms with E-state index in [-0.39, 0.29) is 0 Å². The number of hydrogen-bond acceptors (Lipinski definition) is 3. The Kier molecular flexibility index (Phi) is 3.80. The van der Waals surface area contributed by atoms with E-state index < -0.39 is 0 Å². The van der Waals surface area contributed by atoms with Crippen LogP contribution in [-0.4, -0.2) is 41.6 Å². The van der Waals surface area contributed by atoms with Gasteiger partial charge in [-0.2, -0.15) is 11.8 Å². The molecule has 0 radical (unpaired) electrons. The lowest BCUT2D eigenvalue weighted by Crippen LogP contribution is -2.43. The zero-order valence-corrected chi connectivity index (χ0v) is 11.9. The molecule has 3 rings (SSSR count). The molecule has 18 heavy (non-hydrogen) atoms. The molecule has 1 saturated heterocycles. The van der Waals surface area contributed by atoms with Crippen LogP contribution in [0.25, 0.3) is 0 Å². The molecule has 1 fully saturated rings. The number of para-hydroxylation sites is 1. The van der Waals surface area contributed by atoms with Crippen LogP contribution in [0, 0.1) is 0 Å². The van der Waals surface area contributed by atoms with E-state index in [1.54, 1.807) is 0 Å². The summed E-state index contributed by atoms with van der Waals surface area (Å²) in [6.45, 7) is 6.04. The minimum absolute atomic E-state index is 0.614. The average molecular weight is 262 g/mol. The molecule has 2 unspecified atom stereocenters. The van der Waals surface area contributed by atoms with Gasteiger partial charge in [-0.3, -0.25) is 4.90 Å². The SMILES string of the molecule is CCC1CN(CC2Cc3ccccc3N2)CCS1. The highest BCUT2D eigenvalue weighted by Crippen LogP contribution is 2.27. The van der Waals surface area contributed by atoms with Gasteiger partial charge < -0.3 is 5.32 Å². The van der Waals surface area contributed by atoms with Crippen molar-refractivity contribution < 1.29 is 0 Å². The summed E-state index contributed by atoms with van der Waals surface area (Å²) in [5, 5.41) is 4.52. The summed E-state index contributed by atoms with van der Waals surface area (Å²) >= 11 is 2.15. The fourth-order valence-corrected chi connectivity index (χ4v) is 4.24. The number of rotatable bonds is 3. The van der Waals surface area contributed by atoms with Gasteiger partial charge in [-0.15, -0.1) is 0 Å². The molecule has 0 aromatic heterocycles. The number of fused-ring (bicyclic) bond motifs is 1. The lowest BCUT2D eigenvalue weighted by molar-refractivity contribution is 0.270. The van der Waals surface area contributed by atoms with Crippen LogP contribution in [0.2, 0.25) is 0 Å². The van der Waals surface area contributed by atoms with E-state index in [1.807, 2.05) is 0 Å². The fraction of sp³-hybridized carbons (Fsp3) is 0.600. The quantitative estimate of drug-likeness (QED) is 0.902. The fourth-order valence-electron chi connectivity index (χ4n) is 2.99. The van der Waals surface area contributed by atoms with Crippen molar-refractivity contribution >= 4 is 17.4 Å². The summed E-state index contributed by atoms with van der Waals surface area (Å²) in [6, 6.07) is 9.34. The van der Waals surface area contributed by atoms with Gasteiger partial charge in [0.15, 0.2) is 0 Å². The Balaban J connectivity index is 1.56. The minimum Gasteiger partial charge on any atom is -0.380 e. The normalized spacial score (nSPS) is 27.8. The van der Waals surface area contributed by atoms with Crippen LogP contribution in [0.5, 0.6) is 0 Å². The number of hydrogen-bond donors (Lipinski definition) is 1. The van der Waals surface area contributed by atoms with Gasteiger partial charge in [0.05, 0.1) is 0 Å². The van der Waals surface area contributed by atoms with Gasteiger partial charge in [0.25, 0.3) is 0 Å².